The maximum absolute atomic E-state index is 13.0. The van der Waals surface area contributed by atoms with Crippen LogP contribution < -0.4 is 10.6 Å². The van der Waals surface area contributed by atoms with Gasteiger partial charge in [-0.15, -0.1) is 0 Å². The molecule has 2 atom stereocenters. The maximum Gasteiger partial charge on any atom is 0.123 e. The third-order valence-electron chi connectivity index (χ3n) is 4.16. The van der Waals surface area contributed by atoms with Crippen LogP contribution in [-0.4, -0.2) is 12.1 Å². The molecule has 116 valence electrons. The van der Waals surface area contributed by atoms with E-state index in [1.165, 1.54) is 37.1 Å². The first-order valence-electron chi connectivity index (χ1n) is 7.75. The van der Waals surface area contributed by atoms with Gasteiger partial charge in [0.1, 0.15) is 11.6 Å². The first-order valence-corrected chi connectivity index (χ1v) is 7.75. The molecule has 4 heteroatoms. The van der Waals surface area contributed by atoms with Crippen LogP contribution in [0.15, 0.2) is 48.5 Å². The molecule has 3 rings (SSSR count). The lowest BCUT2D eigenvalue weighted by Gasteiger charge is -2.34. The van der Waals surface area contributed by atoms with E-state index in [0.717, 1.165) is 24.2 Å². The van der Waals surface area contributed by atoms with Gasteiger partial charge in [-0.25, -0.2) is 8.78 Å². The largest absolute Gasteiger partial charge is 0.380 e. The second-order valence-electron chi connectivity index (χ2n) is 5.80. The fourth-order valence-corrected chi connectivity index (χ4v) is 3.00. The molecule has 0 aromatic heterocycles. The Balaban J connectivity index is 1.68. The predicted molar refractivity (Wildman–Crippen MR) is 86.1 cm³/mol. The van der Waals surface area contributed by atoms with Crippen LogP contribution in [0.1, 0.15) is 25.7 Å². The zero-order chi connectivity index (χ0) is 15.4. The smallest absolute Gasteiger partial charge is 0.123 e. The fourth-order valence-electron chi connectivity index (χ4n) is 3.00. The van der Waals surface area contributed by atoms with E-state index in [-0.39, 0.29) is 23.7 Å². The highest BCUT2D eigenvalue weighted by Gasteiger charge is 2.24. The van der Waals surface area contributed by atoms with Crippen LogP contribution in [-0.2, 0) is 0 Å². The van der Waals surface area contributed by atoms with Gasteiger partial charge in [0.2, 0.25) is 0 Å². The van der Waals surface area contributed by atoms with Crippen LogP contribution in [0.25, 0.3) is 0 Å². The summed E-state index contributed by atoms with van der Waals surface area (Å²) in [7, 11) is 0. The summed E-state index contributed by atoms with van der Waals surface area (Å²) in [4.78, 5) is 0. The lowest BCUT2D eigenvalue weighted by atomic mass is 9.90. The third-order valence-corrected chi connectivity index (χ3v) is 4.16. The monoisotopic (exact) mass is 302 g/mol. The Morgan fingerprint density at radius 2 is 1.00 bits per heavy atom. The number of anilines is 2. The zero-order valence-corrected chi connectivity index (χ0v) is 12.4. The number of rotatable bonds is 4. The standard InChI is InChI=1S/C18H20F2N2/c19-13-5-9-15(10-6-13)21-17-3-1-2-4-18(17)22-16-11-7-14(20)8-12-16/h5-12,17-18,21-22H,1-4H2/t17-,18-/m1/s1. The Hall–Kier alpha value is -2.10. The van der Waals surface area contributed by atoms with E-state index >= 15 is 0 Å². The molecule has 1 fully saturated rings. The molecule has 0 bridgehead atoms. The van der Waals surface area contributed by atoms with Crippen LogP contribution in [0.2, 0.25) is 0 Å². The SMILES string of the molecule is Fc1ccc(N[C@@H]2CCCC[C@H]2Nc2ccc(F)cc2)cc1. The van der Waals surface area contributed by atoms with E-state index in [1.807, 2.05) is 0 Å². The molecule has 0 radical (unpaired) electrons. The molecule has 0 aliphatic heterocycles. The summed E-state index contributed by atoms with van der Waals surface area (Å²) >= 11 is 0. The van der Waals surface area contributed by atoms with Crippen molar-refractivity contribution in [3.05, 3.63) is 60.2 Å². The molecular formula is C18H20F2N2. The van der Waals surface area contributed by atoms with E-state index < -0.39 is 0 Å². The van der Waals surface area contributed by atoms with Gasteiger partial charge in [0, 0.05) is 23.5 Å². The molecule has 2 nitrogen and oxygen atoms in total. The van der Waals surface area contributed by atoms with Gasteiger partial charge in [0.25, 0.3) is 0 Å². The van der Waals surface area contributed by atoms with Crippen molar-refractivity contribution >= 4 is 11.4 Å². The quantitative estimate of drug-likeness (QED) is 0.847. The minimum atomic E-state index is -0.227. The van der Waals surface area contributed by atoms with Crippen molar-refractivity contribution in [2.75, 3.05) is 10.6 Å². The maximum atomic E-state index is 13.0. The molecule has 0 unspecified atom stereocenters. The molecule has 1 saturated carbocycles. The number of hydrogen-bond acceptors (Lipinski definition) is 2. The lowest BCUT2D eigenvalue weighted by Crippen LogP contribution is -2.41. The minimum absolute atomic E-state index is 0.227. The number of nitrogens with one attached hydrogen (secondary N) is 2. The molecule has 1 aliphatic rings. The van der Waals surface area contributed by atoms with Crippen LogP contribution in [0.4, 0.5) is 20.2 Å². The molecule has 2 N–H and O–H groups in total. The second kappa shape index (κ2) is 6.77. The van der Waals surface area contributed by atoms with Crippen molar-refractivity contribution in [2.24, 2.45) is 0 Å². The van der Waals surface area contributed by atoms with Crippen molar-refractivity contribution in [3.63, 3.8) is 0 Å². The Bertz CT molecular complexity index is 540. The number of benzene rings is 2. The summed E-state index contributed by atoms with van der Waals surface area (Å²) < 4.78 is 26.0. The zero-order valence-electron chi connectivity index (χ0n) is 12.4. The average Bonchev–Trinajstić information content (AvgIpc) is 2.54. The molecule has 0 amide bonds. The molecule has 2 aromatic rings. The normalized spacial score (nSPS) is 21.4. The molecular weight excluding hydrogens is 282 g/mol. The topological polar surface area (TPSA) is 24.1 Å². The van der Waals surface area contributed by atoms with Gasteiger partial charge in [-0.3, -0.25) is 0 Å². The molecule has 0 spiro atoms. The number of hydrogen-bond donors (Lipinski definition) is 2. The van der Waals surface area contributed by atoms with Crippen molar-refractivity contribution in [3.8, 4) is 0 Å². The van der Waals surface area contributed by atoms with Crippen LogP contribution in [0.5, 0.6) is 0 Å². The molecule has 0 saturated heterocycles. The summed E-state index contributed by atoms with van der Waals surface area (Å²) in [5, 5.41) is 6.97. The summed E-state index contributed by atoms with van der Waals surface area (Å²) in [6, 6.07) is 13.5. The lowest BCUT2D eigenvalue weighted by molar-refractivity contribution is 0.424. The van der Waals surface area contributed by atoms with Crippen molar-refractivity contribution < 1.29 is 8.78 Å². The first kappa shape index (κ1) is 14.8. The van der Waals surface area contributed by atoms with Gasteiger partial charge < -0.3 is 10.6 Å². The van der Waals surface area contributed by atoms with Gasteiger partial charge >= 0.3 is 0 Å². The van der Waals surface area contributed by atoms with Crippen LogP contribution in [0, 0.1) is 11.6 Å². The summed E-state index contributed by atoms with van der Waals surface area (Å²) in [5.41, 5.74) is 1.86. The van der Waals surface area contributed by atoms with Crippen LogP contribution >= 0.6 is 0 Å². The number of halogens is 2. The average molecular weight is 302 g/mol. The Morgan fingerprint density at radius 3 is 1.36 bits per heavy atom. The van der Waals surface area contributed by atoms with Crippen molar-refractivity contribution in [1.82, 2.24) is 0 Å². The third kappa shape index (κ3) is 3.75. The fraction of sp³-hybridized carbons (Fsp3) is 0.333. The highest BCUT2D eigenvalue weighted by Crippen LogP contribution is 2.25. The predicted octanol–water partition coefficient (Wildman–Crippen LogP) is 4.80. The van der Waals surface area contributed by atoms with E-state index in [2.05, 4.69) is 10.6 Å². The second-order valence-corrected chi connectivity index (χ2v) is 5.80. The Morgan fingerprint density at radius 1 is 0.636 bits per heavy atom. The summed E-state index contributed by atoms with van der Waals surface area (Å²) in [6.07, 6.45) is 4.49. The van der Waals surface area contributed by atoms with Crippen molar-refractivity contribution in [1.29, 1.82) is 0 Å². The summed E-state index contributed by atoms with van der Waals surface area (Å²) in [6.45, 7) is 0. The highest BCUT2D eigenvalue weighted by atomic mass is 19.1. The van der Waals surface area contributed by atoms with E-state index in [4.69, 9.17) is 0 Å². The van der Waals surface area contributed by atoms with Gasteiger partial charge in [-0.05, 0) is 61.4 Å². The van der Waals surface area contributed by atoms with Crippen LogP contribution in [0.3, 0.4) is 0 Å². The van der Waals surface area contributed by atoms with E-state index in [1.54, 1.807) is 24.3 Å². The summed E-state index contributed by atoms with van der Waals surface area (Å²) in [5.74, 6) is -0.453. The van der Waals surface area contributed by atoms with E-state index in [0.29, 0.717) is 0 Å². The Kier molecular flexibility index (Phi) is 4.56. The Labute approximate surface area is 129 Å². The van der Waals surface area contributed by atoms with Gasteiger partial charge in [-0.1, -0.05) is 12.8 Å². The molecule has 0 heterocycles. The van der Waals surface area contributed by atoms with E-state index in [9.17, 15) is 8.78 Å². The van der Waals surface area contributed by atoms with Gasteiger partial charge in [-0.2, -0.15) is 0 Å². The molecule has 1 aliphatic carbocycles. The molecule has 22 heavy (non-hydrogen) atoms. The minimum Gasteiger partial charge on any atom is -0.380 e. The van der Waals surface area contributed by atoms with Gasteiger partial charge in [0.15, 0.2) is 0 Å². The van der Waals surface area contributed by atoms with Gasteiger partial charge in [0.05, 0.1) is 0 Å². The highest BCUT2D eigenvalue weighted by molar-refractivity contribution is 5.47. The first-order chi connectivity index (χ1) is 10.7. The molecule has 2 aromatic carbocycles. The van der Waals surface area contributed by atoms with Crippen molar-refractivity contribution in [2.45, 2.75) is 37.8 Å².